The van der Waals surface area contributed by atoms with Gasteiger partial charge in [0, 0.05) is 23.3 Å². The summed E-state index contributed by atoms with van der Waals surface area (Å²) < 4.78 is 5.78. The highest BCUT2D eigenvalue weighted by molar-refractivity contribution is 6.11. The van der Waals surface area contributed by atoms with Crippen LogP contribution in [-0.4, -0.2) is 11.7 Å². The minimum atomic E-state index is -0.626. The SMILES string of the molecule is C[C@H]1CC(=O)C2=C(C1)Nc1ccccc1N(C(=O)c1ccccc1)[C@@H]2c1ccco1. The predicted molar refractivity (Wildman–Crippen MR) is 115 cm³/mol. The topological polar surface area (TPSA) is 62.6 Å². The number of rotatable bonds is 2. The number of carbonyl (C=O) groups is 2. The van der Waals surface area contributed by atoms with E-state index in [-0.39, 0.29) is 17.6 Å². The van der Waals surface area contributed by atoms with Gasteiger partial charge in [-0.2, -0.15) is 0 Å². The maximum atomic E-state index is 13.8. The van der Waals surface area contributed by atoms with Crippen LogP contribution in [0.15, 0.2) is 88.7 Å². The Morgan fingerprint density at radius 3 is 2.53 bits per heavy atom. The highest BCUT2D eigenvalue weighted by Crippen LogP contribution is 2.46. The zero-order valence-corrected chi connectivity index (χ0v) is 16.7. The molecule has 0 spiro atoms. The molecule has 0 saturated carbocycles. The molecule has 1 amide bonds. The molecule has 0 bridgehead atoms. The van der Waals surface area contributed by atoms with Crippen molar-refractivity contribution in [2.45, 2.75) is 25.8 Å². The van der Waals surface area contributed by atoms with E-state index in [0.717, 1.165) is 23.5 Å². The van der Waals surface area contributed by atoms with Crippen molar-refractivity contribution >= 4 is 23.1 Å². The number of benzene rings is 2. The van der Waals surface area contributed by atoms with E-state index < -0.39 is 6.04 Å². The number of fused-ring (bicyclic) bond motifs is 1. The van der Waals surface area contributed by atoms with E-state index in [2.05, 4.69) is 12.2 Å². The van der Waals surface area contributed by atoms with Gasteiger partial charge in [-0.25, -0.2) is 0 Å². The first-order valence-corrected chi connectivity index (χ1v) is 10.2. The number of hydrogen-bond donors (Lipinski definition) is 1. The van der Waals surface area contributed by atoms with Crippen LogP contribution >= 0.6 is 0 Å². The summed E-state index contributed by atoms with van der Waals surface area (Å²) in [5.74, 6) is 0.695. The Morgan fingerprint density at radius 1 is 1.00 bits per heavy atom. The molecule has 1 aromatic heterocycles. The number of para-hydroxylation sites is 2. The first-order chi connectivity index (χ1) is 14.6. The third-order valence-corrected chi connectivity index (χ3v) is 5.74. The molecule has 1 N–H and O–H groups in total. The van der Waals surface area contributed by atoms with E-state index in [4.69, 9.17) is 4.42 Å². The minimum Gasteiger partial charge on any atom is -0.467 e. The number of amides is 1. The summed E-state index contributed by atoms with van der Waals surface area (Å²) >= 11 is 0. The summed E-state index contributed by atoms with van der Waals surface area (Å²) in [5, 5.41) is 3.47. The van der Waals surface area contributed by atoms with Crippen molar-refractivity contribution in [1.29, 1.82) is 0 Å². The highest BCUT2D eigenvalue weighted by atomic mass is 16.3. The summed E-state index contributed by atoms with van der Waals surface area (Å²) in [7, 11) is 0. The molecule has 2 aromatic carbocycles. The lowest BCUT2D eigenvalue weighted by Gasteiger charge is -2.33. The lowest BCUT2D eigenvalue weighted by molar-refractivity contribution is -0.117. The standard InChI is InChI=1S/C25H22N2O3/c1-16-14-19-23(21(28)15-16)24(22-12-7-13-30-22)27(20-11-6-5-10-18(20)26-19)25(29)17-8-3-2-4-9-17/h2-13,16,24,26H,14-15H2,1H3/t16-,24-/m1/s1. The molecule has 5 rings (SSSR count). The molecule has 3 aromatic rings. The predicted octanol–water partition coefficient (Wildman–Crippen LogP) is 5.35. The number of ketones is 1. The van der Waals surface area contributed by atoms with Gasteiger partial charge in [-0.05, 0) is 48.7 Å². The van der Waals surface area contributed by atoms with Gasteiger partial charge in [0.15, 0.2) is 5.78 Å². The minimum absolute atomic E-state index is 0.0521. The van der Waals surface area contributed by atoms with Gasteiger partial charge in [-0.1, -0.05) is 37.3 Å². The zero-order valence-electron chi connectivity index (χ0n) is 16.7. The molecule has 30 heavy (non-hydrogen) atoms. The van der Waals surface area contributed by atoms with Crippen LogP contribution in [0.3, 0.4) is 0 Å². The summed E-state index contributed by atoms with van der Waals surface area (Å²) in [6, 6.07) is 19.8. The van der Waals surface area contributed by atoms with Crippen molar-refractivity contribution in [2.75, 3.05) is 10.2 Å². The van der Waals surface area contributed by atoms with E-state index in [0.29, 0.717) is 23.3 Å². The molecule has 5 heteroatoms. The van der Waals surface area contributed by atoms with Gasteiger partial charge in [0.25, 0.3) is 5.91 Å². The number of anilines is 2. The maximum Gasteiger partial charge on any atom is 0.259 e. The van der Waals surface area contributed by atoms with E-state index in [1.807, 2.05) is 48.5 Å². The van der Waals surface area contributed by atoms with E-state index >= 15 is 0 Å². The van der Waals surface area contributed by atoms with E-state index in [9.17, 15) is 9.59 Å². The van der Waals surface area contributed by atoms with Crippen LogP contribution in [0.2, 0.25) is 0 Å². The molecule has 0 radical (unpaired) electrons. The first kappa shape index (κ1) is 18.4. The molecule has 2 aliphatic rings. The largest absolute Gasteiger partial charge is 0.467 e. The van der Waals surface area contributed by atoms with Crippen molar-refractivity contribution in [3.63, 3.8) is 0 Å². The molecule has 0 fully saturated rings. The second-order valence-corrected chi connectivity index (χ2v) is 7.93. The van der Waals surface area contributed by atoms with Gasteiger partial charge in [-0.15, -0.1) is 0 Å². The molecular weight excluding hydrogens is 376 g/mol. The van der Waals surface area contributed by atoms with Gasteiger partial charge >= 0.3 is 0 Å². The van der Waals surface area contributed by atoms with E-state index in [1.54, 1.807) is 29.4 Å². The molecule has 0 saturated heterocycles. The molecular formula is C25H22N2O3. The lowest BCUT2D eigenvalue weighted by Crippen LogP contribution is -2.38. The summed E-state index contributed by atoms with van der Waals surface area (Å²) in [5.41, 5.74) is 3.58. The second-order valence-electron chi connectivity index (χ2n) is 7.93. The first-order valence-electron chi connectivity index (χ1n) is 10.2. The molecule has 2 atom stereocenters. The van der Waals surface area contributed by atoms with Crippen LogP contribution in [0.1, 0.15) is 41.9 Å². The van der Waals surface area contributed by atoms with Crippen molar-refractivity contribution in [2.24, 2.45) is 5.92 Å². The summed E-state index contributed by atoms with van der Waals surface area (Å²) in [6.45, 7) is 2.08. The van der Waals surface area contributed by atoms with Crippen molar-refractivity contribution in [3.05, 3.63) is 95.6 Å². The smallest absolute Gasteiger partial charge is 0.259 e. The number of carbonyl (C=O) groups excluding carboxylic acids is 2. The number of Topliss-reactive ketones (excluding diaryl/α,β-unsaturated/α-hetero) is 1. The molecule has 2 heterocycles. The maximum absolute atomic E-state index is 13.8. The Kier molecular flexibility index (Phi) is 4.51. The summed E-state index contributed by atoms with van der Waals surface area (Å²) in [4.78, 5) is 28.8. The zero-order chi connectivity index (χ0) is 20.7. The Labute approximate surface area is 175 Å². The average Bonchev–Trinajstić information content (AvgIpc) is 3.23. The van der Waals surface area contributed by atoms with E-state index in [1.165, 1.54) is 0 Å². The van der Waals surface area contributed by atoms with Crippen LogP contribution in [0.4, 0.5) is 11.4 Å². The number of nitrogens with one attached hydrogen (secondary N) is 1. The molecule has 1 aliphatic heterocycles. The van der Waals surface area contributed by atoms with Crippen molar-refractivity contribution < 1.29 is 14.0 Å². The monoisotopic (exact) mass is 398 g/mol. The number of allylic oxidation sites excluding steroid dienone is 1. The Balaban J connectivity index is 1.77. The van der Waals surface area contributed by atoms with Gasteiger partial charge in [-0.3, -0.25) is 14.5 Å². The number of furan rings is 1. The Hall–Kier alpha value is -3.60. The number of nitrogens with zero attached hydrogens (tertiary/aromatic N) is 1. The van der Waals surface area contributed by atoms with Crippen LogP contribution in [0, 0.1) is 5.92 Å². The fourth-order valence-corrected chi connectivity index (χ4v) is 4.44. The van der Waals surface area contributed by atoms with Crippen LogP contribution < -0.4 is 10.2 Å². The third-order valence-electron chi connectivity index (χ3n) is 5.74. The van der Waals surface area contributed by atoms with Gasteiger partial charge in [0.05, 0.1) is 17.6 Å². The molecule has 5 nitrogen and oxygen atoms in total. The third kappa shape index (κ3) is 3.03. The normalized spacial score (nSPS) is 20.8. The Bertz CT molecular complexity index is 1130. The van der Waals surface area contributed by atoms with Gasteiger partial charge < -0.3 is 9.73 Å². The van der Waals surface area contributed by atoms with Crippen molar-refractivity contribution in [1.82, 2.24) is 0 Å². The average molecular weight is 398 g/mol. The summed E-state index contributed by atoms with van der Waals surface area (Å²) in [6.07, 6.45) is 2.79. The number of hydrogen-bond acceptors (Lipinski definition) is 4. The van der Waals surface area contributed by atoms with Crippen LogP contribution in [0.25, 0.3) is 0 Å². The van der Waals surface area contributed by atoms with Crippen molar-refractivity contribution in [3.8, 4) is 0 Å². The van der Waals surface area contributed by atoms with Crippen LogP contribution in [0.5, 0.6) is 0 Å². The van der Waals surface area contributed by atoms with Gasteiger partial charge in [0.2, 0.25) is 0 Å². The highest BCUT2D eigenvalue weighted by Gasteiger charge is 2.42. The quantitative estimate of drug-likeness (QED) is 0.632. The molecule has 150 valence electrons. The lowest BCUT2D eigenvalue weighted by atomic mass is 9.83. The van der Waals surface area contributed by atoms with Crippen LogP contribution in [-0.2, 0) is 4.79 Å². The fourth-order valence-electron chi connectivity index (χ4n) is 4.44. The fraction of sp³-hybridized carbons (Fsp3) is 0.200. The van der Waals surface area contributed by atoms with Gasteiger partial charge in [0.1, 0.15) is 11.8 Å². The Morgan fingerprint density at radius 2 is 1.77 bits per heavy atom. The molecule has 1 aliphatic carbocycles. The molecule has 0 unspecified atom stereocenters. The second kappa shape index (κ2) is 7.34.